The van der Waals surface area contributed by atoms with Crippen LogP contribution in [0.25, 0.3) is 0 Å². The molecule has 3 amide bonds. The van der Waals surface area contributed by atoms with Crippen LogP contribution in [0.4, 0.5) is 4.79 Å². The number of hydrogen-bond acceptors (Lipinski definition) is 4. The number of hydrogen-bond donors (Lipinski definition) is 3. The fourth-order valence-electron chi connectivity index (χ4n) is 2.53. The standard InChI is InChI=1S/C20H29N3O4/c1-5-11-21-18(24)16(12-14(2)3)22-19(25)17(23-20(26)27-4)13-15-9-7-6-8-10-15/h5-10,14,16-17H,1,11-13H2,2-4H3,(H,21,24)(H,22,25)(H,23,26). The summed E-state index contributed by atoms with van der Waals surface area (Å²) in [5, 5.41) is 7.99. The number of benzene rings is 1. The Bertz CT molecular complexity index is 631. The van der Waals surface area contributed by atoms with E-state index >= 15 is 0 Å². The van der Waals surface area contributed by atoms with Gasteiger partial charge in [-0.2, -0.15) is 0 Å². The molecule has 0 aliphatic carbocycles. The Kier molecular flexibility index (Phi) is 9.64. The number of alkyl carbamates (subject to hydrolysis) is 1. The molecule has 7 nitrogen and oxygen atoms in total. The van der Waals surface area contributed by atoms with E-state index in [4.69, 9.17) is 0 Å². The van der Waals surface area contributed by atoms with E-state index < -0.39 is 24.1 Å². The molecule has 0 saturated heterocycles. The van der Waals surface area contributed by atoms with Crippen LogP contribution in [-0.4, -0.2) is 43.6 Å². The van der Waals surface area contributed by atoms with E-state index in [1.54, 1.807) is 6.08 Å². The van der Waals surface area contributed by atoms with E-state index in [1.807, 2.05) is 44.2 Å². The van der Waals surface area contributed by atoms with Gasteiger partial charge in [-0.05, 0) is 17.9 Å². The maximum atomic E-state index is 12.8. The van der Waals surface area contributed by atoms with Gasteiger partial charge < -0.3 is 20.7 Å². The van der Waals surface area contributed by atoms with E-state index in [-0.39, 0.29) is 18.2 Å². The molecule has 2 atom stereocenters. The van der Waals surface area contributed by atoms with E-state index in [9.17, 15) is 14.4 Å². The van der Waals surface area contributed by atoms with Gasteiger partial charge in [0.15, 0.2) is 0 Å². The first-order valence-electron chi connectivity index (χ1n) is 8.94. The number of ether oxygens (including phenoxy) is 1. The minimum atomic E-state index is -0.860. The third-order valence-electron chi connectivity index (χ3n) is 3.84. The molecule has 0 radical (unpaired) electrons. The molecule has 0 saturated carbocycles. The minimum Gasteiger partial charge on any atom is -0.453 e. The highest BCUT2D eigenvalue weighted by Gasteiger charge is 2.27. The van der Waals surface area contributed by atoms with Gasteiger partial charge in [0.2, 0.25) is 11.8 Å². The number of carbonyl (C=O) groups is 3. The second-order valence-corrected chi connectivity index (χ2v) is 6.60. The van der Waals surface area contributed by atoms with Gasteiger partial charge in [0.05, 0.1) is 7.11 Å². The number of rotatable bonds is 10. The molecule has 1 rings (SSSR count). The Labute approximate surface area is 160 Å². The van der Waals surface area contributed by atoms with Crippen LogP contribution in [0.5, 0.6) is 0 Å². The summed E-state index contributed by atoms with van der Waals surface area (Å²) in [6, 6.07) is 7.74. The zero-order valence-electron chi connectivity index (χ0n) is 16.2. The molecular weight excluding hydrogens is 346 g/mol. The van der Waals surface area contributed by atoms with Crippen molar-refractivity contribution in [2.24, 2.45) is 5.92 Å². The summed E-state index contributed by atoms with van der Waals surface area (Å²) < 4.78 is 4.62. The maximum absolute atomic E-state index is 12.8. The van der Waals surface area contributed by atoms with Crippen LogP contribution in [-0.2, 0) is 20.7 Å². The summed E-state index contributed by atoms with van der Waals surface area (Å²) >= 11 is 0. The smallest absolute Gasteiger partial charge is 0.407 e. The molecule has 7 heteroatoms. The quantitative estimate of drug-likeness (QED) is 0.543. The van der Waals surface area contributed by atoms with Crippen molar-refractivity contribution in [3.8, 4) is 0 Å². The Balaban J connectivity index is 2.90. The average Bonchev–Trinajstić information content (AvgIpc) is 2.65. The SMILES string of the molecule is C=CCNC(=O)C(CC(C)C)NC(=O)C(Cc1ccccc1)NC(=O)OC. The monoisotopic (exact) mass is 375 g/mol. The Morgan fingerprint density at radius 3 is 2.30 bits per heavy atom. The zero-order valence-corrected chi connectivity index (χ0v) is 16.2. The number of nitrogens with one attached hydrogen (secondary N) is 3. The first-order valence-corrected chi connectivity index (χ1v) is 8.94. The molecule has 0 aliphatic heterocycles. The third kappa shape index (κ3) is 8.40. The molecule has 2 unspecified atom stereocenters. The number of methoxy groups -OCH3 is 1. The molecule has 0 bridgehead atoms. The predicted molar refractivity (Wildman–Crippen MR) is 104 cm³/mol. The van der Waals surface area contributed by atoms with Crippen LogP contribution in [0.1, 0.15) is 25.8 Å². The molecule has 0 fully saturated rings. The van der Waals surface area contributed by atoms with Crippen molar-refractivity contribution in [2.75, 3.05) is 13.7 Å². The number of carbonyl (C=O) groups excluding carboxylic acids is 3. The van der Waals surface area contributed by atoms with Crippen molar-refractivity contribution < 1.29 is 19.1 Å². The van der Waals surface area contributed by atoms with Crippen molar-refractivity contribution in [1.82, 2.24) is 16.0 Å². The first-order chi connectivity index (χ1) is 12.9. The van der Waals surface area contributed by atoms with E-state index in [1.165, 1.54) is 7.11 Å². The zero-order chi connectivity index (χ0) is 20.2. The summed E-state index contributed by atoms with van der Waals surface area (Å²) in [7, 11) is 1.23. The molecule has 1 aromatic rings. The minimum absolute atomic E-state index is 0.200. The molecule has 0 spiro atoms. The molecule has 0 aromatic heterocycles. The third-order valence-corrected chi connectivity index (χ3v) is 3.84. The molecule has 3 N–H and O–H groups in total. The van der Waals surface area contributed by atoms with E-state index in [2.05, 4.69) is 27.3 Å². The lowest BCUT2D eigenvalue weighted by molar-refractivity contribution is -0.130. The molecule has 0 aliphatic rings. The normalized spacial score (nSPS) is 12.6. The molecule has 27 heavy (non-hydrogen) atoms. The van der Waals surface area contributed by atoms with E-state index in [0.29, 0.717) is 13.0 Å². The van der Waals surface area contributed by atoms with Crippen LogP contribution in [0.2, 0.25) is 0 Å². The van der Waals surface area contributed by atoms with Crippen molar-refractivity contribution in [2.45, 2.75) is 38.8 Å². The highest BCUT2D eigenvalue weighted by Crippen LogP contribution is 2.08. The Hall–Kier alpha value is -2.83. The highest BCUT2D eigenvalue weighted by atomic mass is 16.5. The molecule has 148 valence electrons. The van der Waals surface area contributed by atoms with Crippen molar-refractivity contribution >= 4 is 17.9 Å². The molecular formula is C20H29N3O4. The van der Waals surface area contributed by atoms with Gasteiger partial charge in [-0.15, -0.1) is 6.58 Å². The van der Waals surface area contributed by atoms with Gasteiger partial charge in [0, 0.05) is 13.0 Å². The molecule has 0 heterocycles. The lowest BCUT2D eigenvalue weighted by Crippen LogP contribution is -2.54. The van der Waals surface area contributed by atoms with Crippen molar-refractivity contribution in [1.29, 1.82) is 0 Å². The summed E-state index contributed by atoms with van der Waals surface area (Å²) in [5.41, 5.74) is 0.880. The lowest BCUT2D eigenvalue weighted by Gasteiger charge is -2.24. The largest absolute Gasteiger partial charge is 0.453 e. The fourth-order valence-corrected chi connectivity index (χ4v) is 2.53. The van der Waals surface area contributed by atoms with Crippen LogP contribution >= 0.6 is 0 Å². The first kappa shape index (κ1) is 22.2. The second-order valence-electron chi connectivity index (χ2n) is 6.60. The van der Waals surface area contributed by atoms with Gasteiger partial charge in [-0.3, -0.25) is 9.59 Å². The lowest BCUT2D eigenvalue weighted by atomic mass is 10.0. The average molecular weight is 375 g/mol. The fraction of sp³-hybridized carbons (Fsp3) is 0.450. The van der Waals surface area contributed by atoms with Crippen LogP contribution < -0.4 is 16.0 Å². The van der Waals surface area contributed by atoms with Crippen molar-refractivity contribution in [3.05, 3.63) is 48.6 Å². The van der Waals surface area contributed by atoms with Crippen LogP contribution in [0.3, 0.4) is 0 Å². The highest BCUT2D eigenvalue weighted by molar-refractivity contribution is 5.91. The summed E-state index contributed by atoms with van der Waals surface area (Å²) in [6.07, 6.45) is 1.63. The van der Waals surface area contributed by atoms with Gasteiger partial charge in [-0.25, -0.2) is 4.79 Å². The number of amides is 3. The Morgan fingerprint density at radius 1 is 1.07 bits per heavy atom. The van der Waals surface area contributed by atoms with Crippen molar-refractivity contribution in [3.63, 3.8) is 0 Å². The Morgan fingerprint density at radius 2 is 1.74 bits per heavy atom. The van der Waals surface area contributed by atoms with Crippen LogP contribution in [0, 0.1) is 5.92 Å². The van der Waals surface area contributed by atoms with Gasteiger partial charge in [-0.1, -0.05) is 50.3 Å². The van der Waals surface area contributed by atoms with Crippen LogP contribution in [0.15, 0.2) is 43.0 Å². The van der Waals surface area contributed by atoms with Gasteiger partial charge in [0.1, 0.15) is 12.1 Å². The summed E-state index contributed by atoms with van der Waals surface area (Å²) in [6.45, 7) is 7.82. The van der Waals surface area contributed by atoms with Gasteiger partial charge in [0.25, 0.3) is 0 Å². The van der Waals surface area contributed by atoms with E-state index in [0.717, 1.165) is 5.56 Å². The van der Waals surface area contributed by atoms with Gasteiger partial charge >= 0.3 is 6.09 Å². The predicted octanol–water partition coefficient (Wildman–Crippen LogP) is 1.79. The molecule has 1 aromatic carbocycles. The summed E-state index contributed by atoms with van der Waals surface area (Å²) in [4.78, 5) is 36.8. The summed E-state index contributed by atoms with van der Waals surface area (Å²) in [5.74, 6) is -0.525. The maximum Gasteiger partial charge on any atom is 0.407 e. The topological polar surface area (TPSA) is 96.5 Å². The second kappa shape index (κ2) is 11.7.